The lowest BCUT2D eigenvalue weighted by Gasteiger charge is -2.25. The fraction of sp³-hybridized carbons (Fsp3) is 0.917. The van der Waals surface area contributed by atoms with Gasteiger partial charge in [-0.25, -0.2) is 0 Å². The molecule has 0 aromatic carbocycles. The monoisotopic (exact) mass is 228 g/mol. The van der Waals surface area contributed by atoms with Gasteiger partial charge in [-0.2, -0.15) is 0 Å². The fourth-order valence-corrected chi connectivity index (χ4v) is 1.59. The zero-order chi connectivity index (χ0) is 12.0. The van der Waals surface area contributed by atoms with Crippen LogP contribution in [0.5, 0.6) is 0 Å². The summed E-state index contributed by atoms with van der Waals surface area (Å²) in [5.41, 5.74) is -0.597. The van der Waals surface area contributed by atoms with Crippen LogP contribution in [0.25, 0.3) is 0 Å². The van der Waals surface area contributed by atoms with Gasteiger partial charge < -0.3 is 15.7 Å². The number of nitrogens with one attached hydrogen (secondary N) is 2. The molecule has 1 saturated carbocycles. The summed E-state index contributed by atoms with van der Waals surface area (Å²) in [4.78, 5) is 11.3. The Bertz CT molecular complexity index is 223. The van der Waals surface area contributed by atoms with Gasteiger partial charge in [0.25, 0.3) is 0 Å². The van der Waals surface area contributed by atoms with Crippen LogP contribution in [0.15, 0.2) is 0 Å². The van der Waals surface area contributed by atoms with Crippen LogP contribution in [0, 0.1) is 5.92 Å². The van der Waals surface area contributed by atoms with Crippen LogP contribution >= 0.6 is 0 Å². The molecular weight excluding hydrogens is 204 g/mol. The van der Waals surface area contributed by atoms with Gasteiger partial charge in [-0.05, 0) is 25.7 Å². The van der Waals surface area contributed by atoms with Crippen molar-refractivity contribution in [2.45, 2.75) is 45.1 Å². The highest BCUT2D eigenvalue weighted by atomic mass is 16.3. The maximum atomic E-state index is 11.3. The van der Waals surface area contributed by atoms with E-state index in [0.29, 0.717) is 13.1 Å². The lowest BCUT2D eigenvalue weighted by molar-refractivity contribution is -0.122. The molecule has 0 bridgehead atoms. The summed E-state index contributed by atoms with van der Waals surface area (Å²) in [6.07, 6.45) is 3.60. The van der Waals surface area contributed by atoms with Gasteiger partial charge >= 0.3 is 0 Å². The van der Waals surface area contributed by atoms with Gasteiger partial charge in [0.2, 0.25) is 5.91 Å². The molecule has 0 aliphatic heterocycles. The van der Waals surface area contributed by atoms with Crippen molar-refractivity contribution in [1.29, 1.82) is 0 Å². The van der Waals surface area contributed by atoms with Crippen LogP contribution in [0.4, 0.5) is 0 Å². The molecule has 1 aliphatic rings. The molecule has 0 spiro atoms. The van der Waals surface area contributed by atoms with Crippen LogP contribution < -0.4 is 10.6 Å². The van der Waals surface area contributed by atoms with E-state index < -0.39 is 5.60 Å². The van der Waals surface area contributed by atoms with E-state index in [9.17, 15) is 9.90 Å². The molecule has 0 saturated heterocycles. The summed E-state index contributed by atoms with van der Waals surface area (Å²) in [5, 5.41) is 16.0. The number of carbonyl (C=O) groups excluding carboxylic acids is 1. The van der Waals surface area contributed by atoms with Crippen LogP contribution in [0.1, 0.15) is 39.5 Å². The zero-order valence-electron chi connectivity index (χ0n) is 10.4. The fourth-order valence-electron chi connectivity index (χ4n) is 1.59. The average molecular weight is 228 g/mol. The summed E-state index contributed by atoms with van der Waals surface area (Å²) in [7, 11) is 0. The smallest absolute Gasteiger partial charge is 0.223 e. The Morgan fingerprint density at radius 3 is 2.44 bits per heavy atom. The normalized spacial score (nSPS) is 16.2. The predicted octanol–water partition coefficient (Wildman–Crippen LogP) is 0.653. The van der Waals surface area contributed by atoms with E-state index in [1.54, 1.807) is 0 Å². The maximum Gasteiger partial charge on any atom is 0.223 e. The number of carbonyl (C=O) groups is 1. The number of aliphatic hydroxyl groups is 1. The zero-order valence-corrected chi connectivity index (χ0v) is 10.4. The Labute approximate surface area is 97.8 Å². The van der Waals surface area contributed by atoms with E-state index in [0.717, 1.165) is 32.2 Å². The second-order valence-electron chi connectivity index (χ2n) is 4.67. The first-order valence-corrected chi connectivity index (χ1v) is 6.32. The molecule has 0 unspecified atom stereocenters. The van der Waals surface area contributed by atoms with Crippen molar-refractivity contribution in [3.05, 3.63) is 0 Å². The topological polar surface area (TPSA) is 61.4 Å². The van der Waals surface area contributed by atoms with Crippen molar-refractivity contribution in [2.75, 3.05) is 19.6 Å². The first-order chi connectivity index (χ1) is 7.61. The molecule has 3 N–H and O–H groups in total. The Morgan fingerprint density at radius 2 is 1.94 bits per heavy atom. The SMILES string of the molecule is CCC(O)(CC)CNCCNC(=O)C1CC1. The molecule has 1 amide bonds. The second-order valence-corrected chi connectivity index (χ2v) is 4.67. The lowest BCUT2D eigenvalue weighted by atomic mass is 9.98. The van der Waals surface area contributed by atoms with Crippen molar-refractivity contribution in [3.8, 4) is 0 Å². The third-order valence-corrected chi connectivity index (χ3v) is 3.32. The molecule has 0 radical (unpaired) electrons. The van der Waals surface area contributed by atoms with Gasteiger partial charge in [-0.15, -0.1) is 0 Å². The van der Waals surface area contributed by atoms with Gasteiger partial charge in [0.05, 0.1) is 5.60 Å². The Kier molecular flexibility index (Phi) is 5.22. The largest absolute Gasteiger partial charge is 0.389 e. The minimum Gasteiger partial charge on any atom is -0.389 e. The average Bonchev–Trinajstić information content (AvgIpc) is 3.12. The summed E-state index contributed by atoms with van der Waals surface area (Å²) in [6, 6.07) is 0. The lowest BCUT2D eigenvalue weighted by Crippen LogP contribution is -2.42. The number of rotatable bonds is 8. The first kappa shape index (κ1) is 13.5. The van der Waals surface area contributed by atoms with Gasteiger partial charge in [0.15, 0.2) is 0 Å². The molecule has 1 rings (SSSR count). The highest BCUT2D eigenvalue weighted by Gasteiger charge is 2.29. The Morgan fingerprint density at radius 1 is 1.31 bits per heavy atom. The molecule has 0 aromatic rings. The highest BCUT2D eigenvalue weighted by molar-refractivity contribution is 5.80. The predicted molar refractivity (Wildman–Crippen MR) is 64.1 cm³/mol. The van der Waals surface area contributed by atoms with E-state index in [2.05, 4.69) is 10.6 Å². The molecule has 0 atom stereocenters. The van der Waals surface area contributed by atoms with Crippen molar-refractivity contribution in [3.63, 3.8) is 0 Å². The molecule has 4 nitrogen and oxygen atoms in total. The quantitative estimate of drug-likeness (QED) is 0.535. The van der Waals surface area contributed by atoms with E-state index >= 15 is 0 Å². The molecule has 1 fully saturated rings. The van der Waals surface area contributed by atoms with Crippen LogP contribution in [-0.2, 0) is 4.79 Å². The van der Waals surface area contributed by atoms with Crippen molar-refractivity contribution in [2.24, 2.45) is 5.92 Å². The third-order valence-electron chi connectivity index (χ3n) is 3.32. The standard InChI is InChI=1S/C12H24N2O2/c1-3-12(16,4-2)9-13-7-8-14-11(15)10-5-6-10/h10,13,16H,3-9H2,1-2H3,(H,14,15). The van der Waals surface area contributed by atoms with Crippen molar-refractivity contribution >= 4 is 5.91 Å². The third kappa shape index (κ3) is 4.49. The van der Waals surface area contributed by atoms with Gasteiger partial charge in [0, 0.05) is 25.6 Å². The first-order valence-electron chi connectivity index (χ1n) is 6.32. The highest BCUT2D eigenvalue weighted by Crippen LogP contribution is 2.28. The summed E-state index contributed by atoms with van der Waals surface area (Å²) in [5.74, 6) is 0.464. The van der Waals surface area contributed by atoms with Crippen LogP contribution in [0.2, 0.25) is 0 Å². The van der Waals surface area contributed by atoms with Crippen molar-refractivity contribution < 1.29 is 9.90 Å². The second kappa shape index (κ2) is 6.21. The van der Waals surface area contributed by atoms with Gasteiger partial charge in [0.1, 0.15) is 0 Å². The van der Waals surface area contributed by atoms with Crippen LogP contribution in [0.3, 0.4) is 0 Å². The van der Waals surface area contributed by atoms with Gasteiger partial charge in [-0.3, -0.25) is 4.79 Å². The van der Waals surface area contributed by atoms with E-state index in [1.165, 1.54) is 0 Å². The minimum atomic E-state index is -0.597. The molecular formula is C12H24N2O2. The summed E-state index contributed by atoms with van der Waals surface area (Å²) in [6.45, 7) is 5.94. The number of hydrogen-bond donors (Lipinski definition) is 3. The summed E-state index contributed by atoms with van der Waals surface area (Å²) < 4.78 is 0. The molecule has 94 valence electrons. The molecule has 0 aromatic heterocycles. The van der Waals surface area contributed by atoms with E-state index in [1.807, 2.05) is 13.8 Å². The Hall–Kier alpha value is -0.610. The minimum absolute atomic E-state index is 0.183. The summed E-state index contributed by atoms with van der Waals surface area (Å²) >= 11 is 0. The molecule has 4 heteroatoms. The maximum absolute atomic E-state index is 11.3. The molecule has 16 heavy (non-hydrogen) atoms. The van der Waals surface area contributed by atoms with Crippen molar-refractivity contribution in [1.82, 2.24) is 10.6 Å². The van der Waals surface area contributed by atoms with Gasteiger partial charge in [-0.1, -0.05) is 13.8 Å². The number of amides is 1. The Balaban J connectivity index is 2.00. The molecule has 1 aliphatic carbocycles. The van der Waals surface area contributed by atoms with Crippen LogP contribution in [-0.4, -0.2) is 36.2 Å². The van der Waals surface area contributed by atoms with E-state index in [4.69, 9.17) is 0 Å². The number of hydrogen-bond acceptors (Lipinski definition) is 3. The van der Waals surface area contributed by atoms with E-state index in [-0.39, 0.29) is 11.8 Å². The molecule has 0 heterocycles.